The Hall–Kier alpha value is -2.25. The van der Waals surface area contributed by atoms with Gasteiger partial charge in [0.15, 0.2) is 0 Å². The lowest BCUT2D eigenvalue weighted by molar-refractivity contribution is -0.142. The first-order valence-corrected chi connectivity index (χ1v) is 10.0. The van der Waals surface area contributed by atoms with E-state index in [1.807, 2.05) is 12.1 Å². The number of hydrogen-bond acceptors (Lipinski definition) is 5. The summed E-state index contributed by atoms with van der Waals surface area (Å²) < 4.78 is 5.36. The molecule has 1 aliphatic heterocycles. The molecule has 2 heterocycles. The molecule has 1 aromatic carbocycles. The number of carboxylic acids is 1. The topological polar surface area (TPSA) is 88.5 Å². The zero-order valence-electron chi connectivity index (χ0n) is 15.5. The molecule has 1 saturated heterocycles. The lowest BCUT2D eigenvalue weighted by atomic mass is 9.93. The van der Waals surface area contributed by atoms with E-state index in [0.717, 1.165) is 23.4 Å². The quantitative estimate of drug-likeness (QED) is 0.790. The van der Waals surface area contributed by atoms with Gasteiger partial charge in [0.25, 0.3) is 5.91 Å². The van der Waals surface area contributed by atoms with E-state index in [2.05, 4.69) is 36.3 Å². The summed E-state index contributed by atoms with van der Waals surface area (Å²) in [6.45, 7) is 5.26. The van der Waals surface area contributed by atoms with Crippen molar-refractivity contribution in [2.75, 3.05) is 13.2 Å². The van der Waals surface area contributed by atoms with E-state index in [1.165, 1.54) is 16.9 Å². The van der Waals surface area contributed by atoms with Crippen molar-refractivity contribution in [1.29, 1.82) is 0 Å². The van der Waals surface area contributed by atoms with Gasteiger partial charge in [-0.05, 0) is 24.3 Å². The fraction of sp³-hybridized carbons (Fsp3) is 0.450. The van der Waals surface area contributed by atoms with Gasteiger partial charge in [-0.15, -0.1) is 11.3 Å². The van der Waals surface area contributed by atoms with Crippen LogP contribution in [0.3, 0.4) is 0 Å². The van der Waals surface area contributed by atoms with Crippen LogP contribution in [0.4, 0.5) is 0 Å². The van der Waals surface area contributed by atoms with Gasteiger partial charge in [0.2, 0.25) is 0 Å². The summed E-state index contributed by atoms with van der Waals surface area (Å²) in [4.78, 5) is 28.5. The van der Waals surface area contributed by atoms with Crippen molar-refractivity contribution in [3.05, 3.63) is 40.9 Å². The van der Waals surface area contributed by atoms with Crippen molar-refractivity contribution >= 4 is 23.2 Å². The second-order valence-electron chi connectivity index (χ2n) is 7.08. The van der Waals surface area contributed by atoms with Crippen LogP contribution in [-0.2, 0) is 9.53 Å². The van der Waals surface area contributed by atoms with Gasteiger partial charge in [-0.3, -0.25) is 4.79 Å². The van der Waals surface area contributed by atoms with E-state index in [4.69, 9.17) is 4.74 Å². The number of nitrogens with zero attached hydrogens (tertiary/aromatic N) is 1. The van der Waals surface area contributed by atoms with Crippen molar-refractivity contribution in [1.82, 2.24) is 10.3 Å². The van der Waals surface area contributed by atoms with Crippen LogP contribution in [0.25, 0.3) is 10.6 Å². The highest BCUT2D eigenvalue weighted by Gasteiger charge is 2.32. The van der Waals surface area contributed by atoms with Crippen molar-refractivity contribution < 1.29 is 19.4 Å². The van der Waals surface area contributed by atoms with Crippen molar-refractivity contribution in [3.63, 3.8) is 0 Å². The molecule has 1 aromatic heterocycles. The third-order valence-corrected chi connectivity index (χ3v) is 5.67. The number of carbonyl (C=O) groups excluding carboxylic acids is 1. The molecule has 1 fully saturated rings. The molecule has 2 aromatic rings. The third kappa shape index (κ3) is 4.73. The Morgan fingerprint density at radius 3 is 2.63 bits per heavy atom. The molecule has 2 N–H and O–H groups in total. The molecule has 1 amide bonds. The van der Waals surface area contributed by atoms with Crippen LogP contribution in [0.5, 0.6) is 0 Å². The molecular weight excluding hydrogens is 364 g/mol. The van der Waals surface area contributed by atoms with E-state index >= 15 is 0 Å². The van der Waals surface area contributed by atoms with Crippen LogP contribution in [0.2, 0.25) is 0 Å². The van der Waals surface area contributed by atoms with Crippen LogP contribution < -0.4 is 5.32 Å². The number of benzene rings is 1. The third-order valence-electron chi connectivity index (χ3n) is 4.78. The van der Waals surface area contributed by atoms with Crippen LogP contribution in [0.1, 0.15) is 48.7 Å². The molecule has 1 aliphatic rings. The average Bonchev–Trinajstić information content (AvgIpc) is 3.17. The van der Waals surface area contributed by atoms with Crippen molar-refractivity contribution in [2.24, 2.45) is 5.92 Å². The predicted molar refractivity (Wildman–Crippen MR) is 104 cm³/mol. The van der Waals surface area contributed by atoms with Gasteiger partial charge < -0.3 is 15.2 Å². The predicted octanol–water partition coefficient (Wildman–Crippen LogP) is 3.54. The number of nitrogens with one attached hydrogen (secondary N) is 1. The minimum absolute atomic E-state index is 0.220. The number of hydrogen-bond donors (Lipinski definition) is 2. The normalized spacial score (nSPS) is 18.3. The molecule has 2 unspecified atom stereocenters. The summed E-state index contributed by atoms with van der Waals surface area (Å²) in [5, 5.41) is 14.5. The van der Waals surface area contributed by atoms with Crippen LogP contribution in [-0.4, -0.2) is 41.2 Å². The number of aliphatic carboxylic acids is 1. The van der Waals surface area contributed by atoms with Crippen LogP contribution >= 0.6 is 11.3 Å². The lowest BCUT2D eigenvalue weighted by Gasteiger charge is -2.27. The second kappa shape index (κ2) is 8.63. The summed E-state index contributed by atoms with van der Waals surface area (Å²) in [7, 11) is 0. The largest absolute Gasteiger partial charge is 0.480 e. The van der Waals surface area contributed by atoms with Gasteiger partial charge in [0, 0.05) is 23.5 Å². The second-order valence-corrected chi connectivity index (χ2v) is 7.94. The number of carboxylic acid groups (broad SMARTS) is 1. The van der Waals surface area contributed by atoms with Crippen LogP contribution in [0.15, 0.2) is 29.6 Å². The maximum absolute atomic E-state index is 12.5. The first kappa shape index (κ1) is 19.5. The van der Waals surface area contributed by atoms with E-state index in [0.29, 0.717) is 19.1 Å². The number of rotatable bonds is 6. The lowest BCUT2D eigenvalue weighted by Crippen LogP contribution is -2.48. The van der Waals surface area contributed by atoms with E-state index in [1.54, 1.807) is 5.38 Å². The fourth-order valence-corrected chi connectivity index (χ4v) is 3.95. The first-order valence-electron chi connectivity index (χ1n) is 9.13. The molecule has 0 saturated carbocycles. The smallest absolute Gasteiger partial charge is 0.326 e. The Labute approximate surface area is 162 Å². The highest BCUT2D eigenvalue weighted by molar-refractivity contribution is 7.13. The SMILES string of the molecule is CC(C)c1ccc(-c2nc(C(=O)NC(C(=O)O)C3CCCOC3)cs2)cc1. The zero-order chi connectivity index (χ0) is 19.4. The molecule has 0 spiro atoms. The number of aromatic nitrogens is 1. The highest BCUT2D eigenvalue weighted by atomic mass is 32.1. The molecule has 144 valence electrons. The summed E-state index contributed by atoms with van der Waals surface area (Å²) in [5.41, 5.74) is 2.43. The summed E-state index contributed by atoms with van der Waals surface area (Å²) in [5.74, 6) is -1.27. The Bertz CT molecular complexity index is 795. The molecule has 3 rings (SSSR count). The van der Waals surface area contributed by atoms with Crippen LogP contribution in [0, 0.1) is 5.92 Å². The minimum Gasteiger partial charge on any atom is -0.480 e. The first-order chi connectivity index (χ1) is 13.0. The zero-order valence-corrected chi connectivity index (χ0v) is 16.3. The maximum Gasteiger partial charge on any atom is 0.326 e. The van der Waals surface area contributed by atoms with Gasteiger partial charge in [0.1, 0.15) is 16.7 Å². The van der Waals surface area contributed by atoms with E-state index < -0.39 is 17.9 Å². The number of ether oxygens (including phenoxy) is 1. The molecule has 6 nitrogen and oxygen atoms in total. The van der Waals surface area contributed by atoms with E-state index in [9.17, 15) is 14.7 Å². The van der Waals surface area contributed by atoms with E-state index in [-0.39, 0.29) is 11.6 Å². The summed E-state index contributed by atoms with van der Waals surface area (Å²) in [6.07, 6.45) is 1.53. The Kier molecular flexibility index (Phi) is 6.23. The van der Waals surface area contributed by atoms with Gasteiger partial charge in [0.05, 0.1) is 6.61 Å². The van der Waals surface area contributed by atoms with Crippen molar-refractivity contribution in [2.45, 2.75) is 38.6 Å². The number of amides is 1. The Morgan fingerprint density at radius 2 is 2.04 bits per heavy atom. The van der Waals surface area contributed by atoms with Gasteiger partial charge in [-0.1, -0.05) is 38.1 Å². The molecule has 27 heavy (non-hydrogen) atoms. The van der Waals surface area contributed by atoms with Gasteiger partial charge in [-0.25, -0.2) is 9.78 Å². The van der Waals surface area contributed by atoms with Gasteiger partial charge >= 0.3 is 5.97 Å². The Morgan fingerprint density at radius 1 is 1.30 bits per heavy atom. The molecule has 2 atom stereocenters. The fourth-order valence-electron chi connectivity index (χ4n) is 3.15. The van der Waals surface area contributed by atoms with Crippen molar-refractivity contribution in [3.8, 4) is 10.6 Å². The number of thiazole rings is 1. The summed E-state index contributed by atoms with van der Waals surface area (Å²) >= 11 is 1.37. The molecule has 0 radical (unpaired) electrons. The number of carbonyl (C=O) groups is 2. The molecule has 7 heteroatoms. The molecule has 0 bridgehead atoms. The van der Waals surface area contributed by atoms with Gasteiger partial charge in [-0.2, -0.15) is 0 Å². The molecule has 0 aliphatic carbocycles. The Balaban J connectivity index is 1.71. The molecular formula is C20H24N2O4S. The highest BCUT2D eigenvalue weighted by Crippen LogP contribution is 2.26. The minimum atomic E-state index is -1.04. The monoisotopic (exact) mass is 388 g/mol. The maximum atomic E-state index is 12.5. The standard InChI is InChI=1S/C20H24N2O4S/c1-12(2)13-5-7-14(8-6-13)19-21-16(11-27-19)18(23)22-17(20(24)25)15-4-3-9-26-10-15/h5-8,11-12,15,17H,3-4,9-10H2,1-2H3,(H,22,23)(H,24,25). The summed E-state index contributed by atoms with van der Waals surface area (Å²) in [6, 6.07) is 7.15. The average molecular weight is 388 g/mol.